The average molecular weight is 254 g/mol. The summed E-state index contributed by atoms with van der Waals surface area (Å²) >= 11 is 0. The van der Waals surface area contributed by atoms with Gasteiger partial charge in [-0.1, -0.05) is 26.0 Å². The van der Waals surface area contributed by atoms with Gasteiger partial charge in [-0.3, -0.25) is 9.59 Å². The molecule has 1 atom stereocenters. The third kappa shape index (κ3) is 8.93. The Balaban J connectivity index is 3.70. The van der Waals surface area contributed by atoms with Crippen LogP contribution in [0.3, 0.4) is 0 Å². The molecule has 0 aliphatic carbocycles. The summed E-state index contributed by atoms with van der Waals surface area (Å²) in [5.41, 5.74) is 0. The first-order valence-electron chi connectivity index (χ1n) is 6.56. The Labute approximate surface area is 110 Å². The molecule has 0 spiro atoms. The van der Waals surface area contributed by atoms with Crippen molar-refractivity contribution in [2.24, 2.45) is 5.92 Å². The first-order valence-corrected chi connectivity index (χ1v) is 6.56. The number of Topliss-reactive ketones (excluding diaryl/α,β-unsaturated/α-hetero) is 1. The predicted octanol–water partition coefficient (Wildman–Crippen LogP) is 1.66. The standard InChI is InChI=1S/C14H26N2O2/c1-11(2)8-9-14(18)16-10-6-5-7-13(15-4)12(3)17/h5-6,11,13,15H,7-10H2,1-4H3,(H,16,18)/b6-5-. The molecule has 0 aromatic carbocycles. The van der Waals surface area contributed by atoms with Crippen LogP contribution >= 0.6 is 0 Å². The minimum Gasteiger partial charge on any atom is -0.353 e. The van der Waals surface area contributed by atoms with Gasteiger partial charge in [0.15, 0.2) is 0 Å². The molecule has 0 heterocycles. The first kappa shape index (κ1) is 16.8. The highest BCUT2D eigenvalue weighted by Gasteiger charge is 2.08. The van der Waals surface area contributed by atoms with Crippen molar-refractivity contribution in [3.05, 3.63) is 12.2 Å². The fraction of sp³-hybridized carbons (Fsp3) is 0.714. The Morgan fingerprint density at radius 1 is 1.22 bits per heavy atom. The van der Waals surface area contributed by atoms with E-state index in [4.69, 9.17) is 0 Å². The van der Waals surface area contributed by atoms with Crippen molar-refractivity contribution in [1.82, 2.24) is 10.6 Å². The molecule has 0 saturated carbocycles. The topological polar surface area (TPSA) is 58.2 Å². The second kappa shape index (κ2) is 9.83. The third-order valence-electron chi connectivity index (χ3n) is 2.74. The number of amides is 1. The molecule has 0 aromatic rings. The third-order valence-corrected chi connectivity index (χ3v) is 2.74. The number of carbonyl (C=O) groups is 2. The lowest BCUT2D eigenvalue weighted by Gasteiger charge is -2.09. The average Bonchev–Trinajstić information content (AvgIpc) is 2.30. The van der Waals surface area contributed by atoms with Crippen molar-refractivity contribution >= 4 is 11.7 Å². The van der Waals surface area contributed by atoms with Gasteiger partial charge < -0.3 is 10.6 Å². The zero-order valence-electron chi connectivity index (χ0n) is 12.0. The summed E-state index contributed by atoms with van der Waals surface area (Å²) in [6.45, 7) is 6.31. The molecule has 104 valence electrons. The van der Waals surface area contributed by atoms with Crippen LogP contribution in [0.2, 0.25) is 0 Å². The van der Waals surface area contributed by atoms with Crippen LogP contribution in [0.1, 0.15) is 40.0 Å². The second-order valence-corrected chi connectivity index (χ2v) is 4.90. The Morgan fingerprint density at radius 2 is 1.89 bits per heavy atom. The van der Waals surface area contributed by atoms with E-state index in [-0.39, 0.29) is 17.7 Å². The number of rotatable bonds is 9. The number of hydrogen-bond acceptors (Lipinski definition) is 3. The lowest BCUT2D eigenvalue weighted by atomic mass is 10.1. The maximum absolute atomic E-state index is 11.4. The molecular weight excluding hydrogens is 228 g/mol. The van der Waals surface area contributed by atoms with Crippen LogP contribution in [0.4, 0.5) is 0 Å². The number of likely N-dealkylation sites (N-methyl/N-ethyl adjacent to an activating group) is 1. The van der Waals surface area contributed by atoms with Crippen LogP contribution in [-0.2, 0) is 9.59 Å². The van der Waals surface area contributed by atoms with E-state index in [1.54, 1.807) is 14.0 Å². The zero-order chi connectivity index (χ0) is 14.0. The van der Waals surface area contributed by atoms with Gasteiger partial charge in [-0.25, -0.2) is 0 Å². The SMILES string of the molecule is CNC(C/C=C\CNC(=O)CCC(C)C)C(C)=O. The molecule has 0 aromatic heterocycles. The minimum atomic E-state index is -0.127. The highest BCUT2D eigenvalue weighted by atomic mass is 16.1. The minimum absolute atomic E-state index is 0.0880. The van der Waals surface area contributed by atoms with Gasteiger partial charge in [0.25, 0.3) is 0 Å². The summed E-state index contributed by atoms with van der Waals surface area (Å²) < 4.78 is 0. The molecule has 18 heavy (non-hydrogen) atoms. The van der Waals surface area contributed by atoms with Gasteiger partial charge >= 0.3 is 0 Å². The lowest BCUT2D eigenvalue weighted by Crippen LogP contribution is -2.31. The van der Waals surface area contributed by atoms with Crippen molar-refractivity contribution in [2.45, 2.75) is 46.1 Å². The van der Waals surface area contributed by atoms with Gasteiger partial charge in [0, 0.05) is 13.0 Å². The van der Waals surface area contributed by atoms with Crippen molar-refractivity contribution in [1.29, 1.82) is 0 Å². The van der Waals surface area contributed by atoms with E-state index in [1.165, 1.54) is 0 Å². The van der Waals surface area contributed by atoms with E-state index in [1.807, 2.05) is 12.2 Å². The van der Waals surface area contributed by atoms with Crippen LogP contribution in [0.25, 0.3) is 0 Å². The molecule has 2 N–H and O–H groups in total. The maximum Gasteiger partial charge on any atom is 0.220 e. The van der Waals surface area contributed by atoms with E-state index in [2.05, 4.69) is 24.5 Å². The van der Waals surface area contributed by atoms with Gasteiger partial charge in [0.2, 0.25) is 5.91 Å². The molecule has 1 amide bonds. The quantitative estimate of drug-likeness (QED) is 0.615. The van der Waals surface area contributed by atoms with E-state index in [0.29, 0.717) is 25.3 Å². The molecule has 0 fully saturated rings. The van der Waals surface area contributed by atoms with Gasteiger partial charge in [-0.2, -0.15) is 0 Å². The fourth-order valence-electron chi connectivity index (χ4n) is 1.48. The van der Waals surface area contributed by atoms with Gasteiger partial charge in [-0.05, 0) is 32.7 Å². The van der Waals surface area contributed by atoms with E-state index in [0.717, 1.165) is 6.42 Å². The zero-order valence-corrected chi connectivity index (χ0v) is 12.0. The molecule has 0 bridgehead atoms. The van der Waals surface area contributed by atoms with E-state index < -0.39 is 0 Å². The Kier molecular flexibility index (Phi) is 9.19. The Hall–Kier alpha value is -1.16. The van der Waals surface area contributed by atoms with E-state index in [9.17, 15) is 9.59 Å². The number of nitrogens with one attached hydrogen (secondary N) is 2. The van der Waals surface area contributed by atoms with Crippen LogP contribution in [0.15, 0.2) is 12.2 Å². The van der Waals surface area contributed by atoms with Crippen LogP contribution < -0.4 is 10.6 Å². The highest BCUT2D eigenvalue weighted by Crippen LogP contribution is 2.02. The molecule has 4 heteroatoms. The monoisotopic (exact) mass is 254 g/mol. The van der Waals surface area contributed by atoms with Crippen molar-refractivity contribution in [3.8, 4) is 0 Å². The normalized spacial score (nSPS) is 12.9. The van der Waals surface area contributed by atoms with Crippen LogP contribution in [-0.4, -0.2) is 31.3 Å². The Morgan fingerprint density at radius 3 is 2.39 bits per heavy atom. The van der Waals surface area contributed by atoms with Gasteiger partial charge in [0.1, 0.15) is 5.78 Å². The lowest BCUT2D eigenvalue weighted by molar-refractivity contribution is -0.121. The molecule has 0 aliphatic heterocycles. The number of hydrogen-bond donors (Lipinski definition) is 2. The number of ketones is 1. The number of carbonyl (C=O) groups excluding carboxylic acids is 2. The molecule has 0 aliphatic rings. The molecular formula is C14H26N2O2. The summed E-state index contributed by atoms with van der Waals surface area (Å²) in [6, 6.07) is -0.127. The van der Waals surface area contributed by atoms with Gasteiger partial charge in [-0.15, -0.1) is 0 Å². The van der Waals surface area contributed by atoms with Crippen LogP contribution in [0.5, 0.6) is 0 Å². The summed E-state index contributed by atoms with van der Waals surface area (Å²) in [5.74, 6) is 0.770. The van der Waals surface area contributed by atoms with E-state index >= 15 is 0 Å². The van der Waals surface area contributed by atoms with Crippen molar-refractivity contribution in [2.75, 3.05) is 13.6 Å². The summed E-state index contributed by atoms with van der Waals surface area (Å²) in [6.07, 6.45) is 5.97. The summed E-state index contributed by atoms with van der Waals surface area (Å²) in [5, 5.41) is 5.77. The Bertz CT molecular complexity index is 286. The second-order valence-electron chi connectivity index (χ2n) is 4.90. The van der Waals surface area contributed by atoms with Crippen LogP contribution in [0, 0.1) is 5.92 Å². The fourth-order valence-corrected chi connectivity index (χ4v) is 1.48. The largest absolute Gasteiger partial charge is 0.353 e. The summed E-state index contributed by atoms with van der Waals surface area (Å²) in [7, 11) is 1.77. The predicted molar refractivity (Wildman–Crippen MR) is 74.4 cm³/mol. The van der Waals surface area contributed by atoms with Gasteiger partial charge in [0.05, 0.1) is 6.04 Å². The smallest absolute Gasteiger partial charge is 0.220 e. The van der Waals surface area contributed by atoms with Crippen molar-refractivity contribution in [3.63, 3.8) is 0 Å². The maximum atomic E-state index is 11.4. The van der Waals surface area contributed by atoms with Crippen molar-refractivity contribution < 1.29 is 9.59 Å². The summed E-state index contributed by atoms with van der Waals surface area (Å²) in [4.78, 5) is 22.5. The first-order chi connectivity index (χ1) is 8.47. The highest BCUT2D eigenvalue weighted by molar-refractivity contribution is 5.81. The molecule has 4 nitrogen and oxygen atoms in total. The molecule has 0 saturated heterocycles. The molecule has 0 radical (unpaired) electrons. The molecule has 0 rings (SSSR count). The molecule has 1 unspecified atom stereocenters.